The van der Waals surface area contributed by atoms with Gasteiger partial charge in [-0.3, -0.25) is 5.10 Å². The molecule has 0 radical (unpaired) electrons. The van der Waals surface area contributed by atoms with Crippen molar-refractivity contribution in [1.29, 1.82) is 0 Å². The van der Waals surface area contributed by atoms with Crippen molar-refractivity contribution in [2.45, 2.75) is 20.3 Å². The van der Waals surface area contributed by atoms with Crippen LogP contribution in [0.25, 0.3) is 10.8 Å². The minimum Gasteiger partial charge on any atom is -0.267 e. The number of nitrogens with zero attached hydrogens (tertiary/aromatic N) is 1. The number of hydrogen-bond acceptors (Lipinski definition) is 2. The van der Waals surface area contributed by atoms with E-state index in [9.17, 15) is 0 Å². The fraction of sp³-hybridized carbons (Fsp3) is 0.333. The summed E-state index contributed by atoms with van der Waals surface area (Å²) in [6.07, 6.45) is 0.979. The molecule has 0 saturated carbocycles. The van der Waals surface area contributed by atoms with Crippen LogP contribution in [-0.2, 0) is 6.42 Å². The van der Waals surface area contributed by atoms with Crippen molar-refractivity contribution in [3.05, 3.63) is 34.6 Å². The molecule has 0 bridgehead atoms. The number of benzene rings is 1. The van der Waals surface area contributed by atoms with Crippen LogP contribution in [-0.4, -0.2) is 10.2 Å². The summed E-state index contributed by atoms with van der Waals surface area (Å²) >= 11 is 5.21. The summed E-state index contributed by atoms with van der Waals surface area (Å²) in [4.78, 5) is 0. The van der Waals surface area contributed by atoms with E-state index >= 15 is 0 Å². The van der Waals surface area contributed by atoms with Crippen LogP contribution in [0.2, 0.25) is 0 Å². The molecule has 78 valence electrons. The van der Waals surface area contributed by atoms with Crippen molar-refractivity contribution in [2.24, 2.45) is 5.92 Å². The van der Waals surface area contributed by atoms with Gasteiger partial charge in [0.25, 0.3) is 0 Å². The zero-order chi connectivity index (χ0) is 10.8. The summed E-state index contributed by atoms with van der Waals surface area (Å²) in [7, 11) is 0. The monoisotopic (exact) mass is 218 g/mol. The molecule has 2 nitrogen and oxygen atoms in total. The highest BCUT2D eigenvalue weighted by Crippen LogP contribution is 2.18. The van der Waals surface area contributed by atoms with Gasteiger partial charge in [-0.05, 0) is 12.3 Å². The molecule has 3 heteroatoms. The molecule has 0 amide bonds. The molecule has 0 fully saturated rings. The van der Waals surface area contributed by atoms with Crippen LogP contribution in [0.1, 0.15) is 19.5 Å². The lowest BCUT2D eigenvalue weighted by atomic mass is 10.0. The molecule has 15 heavy (non-hydrogen) atoms. The Morgan fingerprint density at radius 2 is 1.93 bits per heavy atom. The zero-order valence-electron chi connectivity index (χ0n) is 8.95. The van der Waals surface area contributed by atoms with E-state index in [0.29, 0.717) is 5.92 Å². The van der Waals surface area contributed by atoms with Gasteiger partial charge < -0.3 is 0 Å². The molecule has 0 unspecified atom stereocenters. The van der Waals surface area contributed by atoms with E-state index in [1.54, 1.807) is 0 Å². The van der Waals surface area contributed by atoms with Crippen LogP contribution in [0.3, 0.4) is 0 Å². The Labute approximate surface area is 94.3 Å². The normalized spacial score (nSPS) is 11.1. The van der Waals surface area contributed by atoms with Crippen LogP contribution < -0.4 is 0 Å². The van der Waals surface area contributed by atoms with Crippen molar-refractivity contribution < 1.29 is 0 Å². The van der Waals surface area contributed by atoms with Gasteiger partial charge in [0.15, 0.2) is 0 Å². The summed E-state index contributed by atoms with van der Waals surface area (Å²) in [5.74, 6) is 0.602. The van der Waals surface area contributed by atoms with Crippen molar-refractivity contribution in [3.63, 3.8) is 0 Å². The molecule has 1 heterocycles. The van der Waals surface area contributed by atoms with Crippen LogP contribution in [0, 0.1) is 10.6 Å². The molecule has 0 spiro atoms. The molecule has 0 aliphatic heterocycles. The van der Waals surface area contributed by atoms with Gasteiger partial charge >= 0.3 is 0 Å². The Kier molecular flexibility index (Phi) is 2.82. The van der Waals surface area contributed by atoms with Gasteiger partial charge in [0.05, 0.1) is 5.69 Å². The van der Waals surface area contributed by atoms with E-state index in [1.807, 2.05) is 18.2 Å². The van der Waals surface area contributed by atoms with Crippen molar-refractivity contribution >= 4 is 23.0 Å². The second-order valence-corrected chi connectivity index (χ2v) is 4.55. The minimum atomic E-state index is 0.602. The molecule has 0 aliphatic carbocycles. The van der Waals surface area contributed by atoms with E-state index in [1.165, 1.54) is 5.39 Å². The summed E-state index contributed by atoms with van der Waals surface area (Å²) in [6.45, 7) is 4.39. The molecule has 0 atom stereocenters. The fourth-order valence-electron chi connectivity index (χ4n) is 1.71. The largest absolute Gasteiger partial charge is 0.267 e. The number of H-pyrrole nitrogens is 1. The molecule has 1 aromatic heterocycles. The third kappa shape index (κ3) is 2.07. The van der Waals surface area contributed by atoms with Crippen molar-refractivity contribution in [2.75, 3.05) is 0 Å². The lowest BCUT2D eigenvalue weighted by molar-refractivity contribution is 0.632. The van der Waals surface area contributed by atoms with E-state index in [-0.39, 0.29) is 0 Å². The fourth-order valence-corrected chi connectivity index (χ4v) is 1.94. The highest BCUT2D eigenvalue weighted by molar-refractivity contribution is 7.71. The number of aromatic amines is 1. The maximum Gasteiger partial charge on any atom is 0.127 e. The maximum absolute atomic E-state index is 5.21. The Balaban J connectivity index is 2.66. The maximum atomic E-state index is 5.21. The Morgan fingerprint density at radius 1 is 1.27 bits per heavy atom. The summed E-state index contributed by atoms with van der Waals surface area (Å²) in [5, 5.41) is 9.50. The summed E-state index contributed by atoms with van der Waals surface area (Å²) in [6, 6.07) is 8.16. The average molecular weight is 218 g/mol. The Hall–Kier alpha value is -1.22. The van der Waals surface area contributed by atoms with Crippen LogP contribution in [0.4, 0.5) is 0 Å². The second kappa shape index (κ2) is 4.11. The van der Waals surface area contributed by atoms with E-state index in [0.717, 1.165) is 22.1 Å². The summed E-state index contributed by atoms with van der Waals surface area (Å²) in [5.41, 5.74) is 1.11. The first-order valence-corrected chi connectivity index (χ1v) is 5.55. The molecular formula is C12H14N2S. The smallest absolute Gasteiger partial charge is 0.127 e. The molecule has 0 saturated heterocycles. The standard InChI is InChI=1S/C12H14N2S/c1-8(2)7-11-9-5-3-4-6-10(9)12(15)14-13-11/h3-6,8H,7H2,1-2H3,(H,14,15). The van der Waals surface area contributed by atoms with Crippen LogP contribution in [0.15, 0.2) is 24.3 Å². The van der Waals surface area contributed by atoms with Gasteiger partial charge in [-0.2, -0.15) is 5.10 Å². The van der Waals surface area contributed by atoms with E-state index in [4.69, 9.17) is 12.2 Å². The first-order chi connectivity index (χ1) is 7.18. The topological polar surface area (TPSA) is 28.7 Å². The van der Waals surface area contributed by atoms with E-state index in [2.05, 4.69) is 30.1 Å². The van der Waals surface area contributed by atoms with Crippen molar-refractivity contribution in [3.8, 4) is 0 Å². The highest BCUT2D eigenvalue weighted by atomic mass is 32.1. The molecule has 2 rings (SSSR count). The number of rotatable bonds is 2. The molecule has 0 aliphatic rings. The van der Waals surface area contributed by atoms with Gasteiger partial charge in [-0.25, -0.2) is 0 Å². The van der Waals surface area contributed by atoms with Crippen molar-refractivity contribution in [1.82, 2.24) is 10.2 Å². The Bertz CT molecular complexity index is 528. The predicted molar refractivity (Wildman–Crippen MR) is 65.5 cm³/mol. The number of aromatic nitrogens is 2. The lowest BCUT2D eigenvalue weighted by Gasteiger charge is -2.07. The quantitative estimate of drug-likeness (QED) is 0.782. The van der Waals surface area contributed by atoms with Crippen LogP contribution >= 0.6 is 12.2 Å². The first kappa shape index (κ1) is 10.3. The predicted octanol–water partition coefficient (Wildman–Crippen LogP) is 3.49. The number of fused-ring (bicyclic) bond motifs is 1. The second-order valence-electron chi connectivity index (χ2n) is 4.14. The van der Waals surface area contributed by atoms with E-state index < -0.39 is 0 Å². The molecule has 2 aromatic rings. The zero-order valence-corrected chi connectivity index (χ0v) is 9.77. The lowest BCUT2D eigenvalue weighted by Crippen LogP contribution is -2.00. The molecular weight excluding hydrogens is 204 g/mol. The average Bonchev–Trinajstić information content (AvgIpc) is 2.22. The summed E-state index contributed by atoms with van der Waals surface area (Å²) < 4.78 is 0.720. The molecule has 1 aromatic carbocycles. The first-order valence-electron chi connectivity index (χ1n) is 5.15. The van der Waals surface area contributed by atoms with Gasteiger partial charge in [-0.15, -0.1) is 0 Å². The highest BCUT2D eigenvalue weighted by Gasteiger charge is 2.05. The third-order valence-electron chi connectivity index (χ3n) is 2.38. The third-order valence-corrected chi connectivity index (χ3v) is 2.69. The minimum absolute atomic E-state index is 0.602. The molecule has 1 N–H and O–H groups in total. The van der Waals surface area contributed by atoms with Crippen LogP contribution in [0.5, 0.6) is 0 Å². The van der Waals surface area contributed by atoms with Gasteiger partial charge in [0.2, 0.25) is 0 Å². The Morgan fingerprint density at radius 3 is 2.60 bits per heavy atom. The number of hydrogen-bond donors (Lipinski definition) is 1. The van der Waals surface area contributed by atoms with Gasteiger partial charge in [0, 0.05) is 10.8 Å². The number of nitrogens with one attached hydrogen (secondary N) is 1. The van der Waals surface area contributed by atoms with Gasteiger partial charge in [0.1, 0.15) is 4.64 Å². The van der Waals surface area contributed by atoms with Gasteiger partial charge in [-0.1, -0.05) is 50.3 Å². The SMILES string of the molecule is CC(C)Cc1n[nH]c(=S)c2ccccc12.